The van der Waals surface area contributed by atoms with E-state index in [0.717, 1.165) is 18.9 Å². The fourth-order valence-electron chi connectivity index (χ4n) is 3.12. The molecule has 1 unspecified atom stereocenters. The van der Waals surface area contributed by atoms with E-state index in [1.807, 2.05) is 20.8 Å². The molecule has 0 aromatic rings. The van der Waals surface area contributed by atoms with Crippen LogP contribution in [0.2, 0.25) is 0 Å². The van der Waals surface area contributed by atoms with Gasteiger partial charge in [-0.3, -0.25) is 4.99 Å². The lowest BCUT2D eigenvalue weighted by molar-refractivity contribution is 0.0542. The van der Waals surface area contributed by atoms with Gasteiger partial charge in [0.2, 0.25) is 10.0 Å². The molecule has 11 heteroatoms. The fourth-order valence-corrected chi connectivity index (χ4v) is 4.40. The van der Waals surface area contributed by atoms with Gasteiger partial charge in [-0.2, -0.15) is 4.31 Å². The first-order valence-corrected chi connectivity index (χ1v) is 12.1. The molecule has 0 aromatic heterocycles. The molecule has 1 aliphatic rings. The summed E-state index contributed by atoms with van der Waals surface area (Å²) < 4.78 is 37.8. The molecule has 0 aliphatic carbocycles. The molecule has 0 radical (unpaired) electrons. The molecule has 9 nitrogen and oxygen atoms in total. The number of guanidine groups is 1. The maximum atomic E-state index is 12.5. The third-order valence-electron chi connectivity index (χ3n) is 4.72. The van der Waals surface area contributed by atoms with Gasteiger partial charge in [0.25, 0.3) is 0 Å². The Labute approximate surface area is 200 Å². The van der Waals surface area contributed by atoms with Crippen LogP contribution in [0.25, 0.3) is 0 Å². The number of nitrogens with zero attached hydrogens (tertiary/aromatic N) is 4. The van der Waals surface area contributed by atoms with Gasteiger partial charge >= 0.3 is 0 Å². The standard InChI is InChI=1S/C19H41N5O4S.HI/c1-7-27-18(8-9-22(5)6)16-21-19(20-4)23-10-12-24(13-11-23)29(25,26)15-14-28-17(2)3;/h17-18H,7-16H2,1-6H3,(H,20,21);1H. The van der Waals surface area contributed by atoms with Gasteiger partial charge < -0.3 is 24.6 Å². The Morgan fingerprint density at radius 2 is 1.80 bits per heavy atom. The molecule has 0 bridgehead atoms. The molecule has 30 heavy (non-hydrogen) atoms. The minimum Gasteiger partial charge on any atom is -0.378 e. The van der Waals surface area contributed by atoms with Crippen LogP contribution in [0.5, 0.6) is 0 Å². The maximum absolute atomic E-state index is 12.5. The molecule has 0 spiro atoms. The van der Waals surface area contributed by atoms with E-state index in [1.165, 1.54) is 0 Å². The molecule has 0 aromatic carbocycles. The van der Waals surface area contributed by atoms with Crippen LogP contribution < -0.4 is 5.32 Å². The molecule has 1 fully saturated rings. The predicted molar refractivity (Wildman–Crippen MR) is 133 cm³/mol. The van der Waals surface area contributed by atoms with Crippen LogP contribution in [0.4, 0.5) is 0 Å². The first kappa shape index (κ1) is 29.8. The van der Waals surface area contributed by atoms with E-state index in [-0.39, 0.29) is 48.5 Å². The van der Waals surface area contributed by atoms with Gasteiger partial charge in [-0.05, 0) is 41.3 Å². The molecule has 0 saturated carbocycles. The summed E-state index contributed by atoms with van der Waals surface area (Å²) in [5.41, 5.74) is 0. The molecule has 1 atom stereocenters. The van der Waals surface area contributed by atoms with E-state index in [1.54, 1.807) is 11.4 Å². The van der Waals surface area contributed by atoms with Crippen molar-refractivity contribution in [3.05, 3.63) is 0 Å². The lowest BCUT2D eigenvalue weighted by atomic mass is 10.2. The quantitative estimate of drug-likeness (QED) is 0.215. The first-order valence-electron chi connectivity index (χ1n) is 10.5. The number of aliphatic imine (C=N–C) groups is 1. The number of hydrogen-bond acceptors (Lipinski definition) is 6. The normalized spacial score (nSPS) is 17.3. The molecule has 1 saturated heterocycles. The first-order chi connectivity index (χ1) is 13.7. The molecular formula is C19H42IN5O4S. The highest BCUT2D eigenvalue weighted by molar-refractivity contribution is 14.0. The second kappa shape index (κ2) is 15.6. The van der Waals surface area contributed by atoms with Crippen LogP contribution in [0.1, 0.15) is 27.2 Å². The Hall–Kier alpha value is -0.210. The van der Waals surface area contributed by atoms with E-state index < -0.39 is 10.0 Å². The zero-order chi connectivity index (χ0) is 21.9. The molecular weight excluding hydrogens is 521 g/mol. The van der Waals surface area contributed by atoms with Gasteiger partial charge in [-0.25, -0.2) is 8.42 Å². The number of hydrogen-bond donors (Lipinski definition) is 1. The van der Waals surface area contributed by atoms with Crippen molar-refractivity contribution in [1.29, 1.82) is 0 Å². The largest absolute Gasteiger partial charge is 0.378 e. The zero-order valence-corrected chi connectivity index (χ0v) is 22.6. The lowest BCUT2D eigenvalue weighted by Gasteiger charge is -2.36. The Bertz CT molecular complexity index is 581. The molecule has 1 heterocycles. The highest BCUT2D eigenvalue weighted by Gasteiger charge is 2.28. The summed E-state index contributed by atoms with van der Waals surface area (Å²) in [6, 6.07) is 0. The van der Waals surface area contributed by atoms with Gasteiger partial charge in [-0.15, -0.1) is 24.0 Å². The van der Waals surface area contributed by atoms with Gasteiger partial charge in [0.05, 0.1) is 24.6 Å². The van der Waals surface area contributed by atoms with Crippen LogP contribution in [-0.4, -0.2) is 120 Å². The molecule has 0 amide bonds. The Morgan fingerprint density at radius 1 is 1.17 bits per heavy atom. The summed E-state index contributed by atoms with van der Waals surface area (Å²) in [7, 11) is 2.57. The summed E-state index contributed by atoms with van der Waals surface area (Å²) in [6.45, 7) is 10.5. The van der Waals surface area contributed by atoms with Gasteiger partial charge in [0.1, 0.15) is 0 Å². The zero-order valence-electron chi connectivity index (χ0n) is 19.5. The van der Waals surface area contributed by atoms with Crippen LogP contribution in [-0.2, 0) is 19.5 Å². The van der Waals surface area contributed by atoms with Crippen molar-refractivity contribution in [1.82, 2.24) is 19.4 Å². The van der Waals surface area contributed by atoms with Crippen molar-refractivity contribution in [2.24, 2.45) is 4.99 Å². The SMILES string of the molecule is CCOC(CCN(C)C)CNC(=NC)N1CCN(S(=O)(=O)CCOC(C)C)CC1.I. The van der Waals surface area contributed by atoms with Crippen LogP contribution >= 0.6 is 24.0 Å². The third-order valence-corrected chi connectivity index (χ3v) is 6.56. The van der Waals surface area contributed by atoms with E-state index in [9.17, 15) is 8.42 Å². The number of piperazine rings is 1. The molecule has 1 rings (SSSR count). The van der Waals surface area contributed by atoms with Gasteiger partial charge in [-0.1, -0.05) is 0 Å². The summed E-state index contributed by atoms with van der Waals surface area (Å²) in [5, 5.41) is 3.39. The molecule has 1 aliphatic heterocycles. The van der Waals surface area contributed by atoms with Crippen molar-refractivity contribution in [3.63, 3.8) is 0 Å². The average molecular weight is 564 g/mol. The molecule has 1 N–H and O–H groups in total. The topological polar surface area (TPSA) is 86.7 Å². The predicted octanol–water partition coefficient (Wildman–Crippen LogP) is 0.909. The Morgan fingerprint density at radius 3 is 2.30 bits per heavy atom. The van der Waals surface area contributed by atoms with Gasteiger partial charge in [0.15, 0.2) is 5.96 Å². The average Bonchev–Trinajstić information content (AvgIpc) is 2.66. The Kier molecular flexibility index (Phi) is 15.5. The second-order valence-corrected chi connectivity index (χ2v) is 9.81. The van der Waals surface area contributed by atoms with Crippen molar-refractivity contribution in [3.8, 4) is 0 Å². The van der Waals surface area contributed by atoms with E-state index >= 15 is 0 Å². The molecule has 180 valence electrons. The third kappa shape index (κ3) is 11.4. The van der Waals surface area contributed by atoms with Crippen LogP contribution in [0.15, 0.2) is 4.99 Å². The van der Waals surface area contributed by atoms with E-state index in [4.69, 9.17) is 9.47 Å². The second-order valence-electron chi connectivity index (χ2n) is 7.72. The lowest BCUT2D eigenvalue weighted by Crippen LogP contribution is -2.55. The van der Waals surface area contributed by atoms with Crippen molar-refractivity contribution >= 4 is 40.0 Å². The van der Waals surface area contributed by atoms with Crippen LogP contribution in [0, 0.1) is 0 Å². The smallest absolute Gasteiger partial charge is 0.216 e. The van der Waals surface area contributed by atoms with Crippen molar-refractivity contribution in [2.75, 3.05) is 79.4 Å². The minimum atomic E-state index is -3.29. The number of rotatable bonds is 12. The summed E-state index contributed by atoms with van der Waals surface area (Å²) in [6.07, 6.45) is 1.09. The number of nitrogens with one attached hydrogen (secondary N) is 1. The number of ether oxygens (including phenoxy) is 2. The van der Waals surface area contributed by atoms with E-state index in [2.05, 4.69) is 34.2 Å². The van der Waals surface area contributed by atoms with Crippen molar-refractivity contribution < 1.29 is 17.9 Å². The minimum absolute atomic E-state index is 0. The van der Waals surface area contributed by atoms with E-state index in [0.29, 0.717) is 39.3 Å². The summed E-state index contributed by atoms with van der Waals surface area (Å²) in [4.78, 5) is 8.62. The van der Waals surface area contributed by atoms with Gasteiger partial charge in [0, 0.05) is 52.9 Å². The highest BCUT2D eigenvalue weighted by atomic mass is 127. The number of sulfonamides is 1. The summed E-state index contributed by atoms with van der Waals surface area (Å²) in [5.74, 6) is 0.819. The highest BCUT2D eigenvalue weighted by Crippen LogP contribution is 2.09. The number of halogens is 1. The van der Waals surface area contributed by atoms with Crippen molar-refractivity contribution in [2.45, 2.75) is 39.4 Å². The monoisotopic (exact) mass is 563 g/mol. The summed E-state index contributed by atoms with van der Waals surface area (Å²) >= 11 is 0. The maximum Gasteiger partial charge on any atom is 0.216 e. The fraction of sp³-hybridized carbons (Fsp3) is 0.947. The van der Waals surface area contributed by atoms with Crippen LogP contribution in [0.3, 0.4) is 0 Å². The Balaban J connectivity index is 0.00000841.